The third kappa shape index (κ3) is 3.57. The molecule has 1 fully saturated rings. The molecule has 1 aliphatic heterocycles. The molecule has 1 aromatic heterocycles. The summed E-state index contributed by atoms with van der Waals surface area (Å²) in [5.74, 6) is 1.43. The molecule has 0 amide bonds. The molecule has 23 heavy (non-hydrogen) atoms. The average Bonchev–Trinajstić information content (AvgIpc) is 2.55. The van der Waals surface area contributed by atoms with Crippen LogP contribution in [0.5, 0.6) is 0 Å². The Bertz CT molecular complexity index is 682. The largest absolute Gasteiger partial charge is 0.419 e. The summed E-state index contributed by atoms with van der Waals surface area (Å²) in [6, 6.07) is 6.17. The Kier molecular flexibility index (Phi) is 4.43. The minimum atomic E-state index is -4.74. The number of hydrogen-bond donors (Lipinski definition) is 0. The summed E-state index contributed by atoms with van der Waals surface area (Å²) in [6.07, 6.45) is -4.74. The van der Waals surface area contributed by atoms with Crippen molar-refractivity contribution in [3.8, 4) is 11.3 Å². The molecule has 0 saturated carbocycles. The third-order valence-electron chi connectivity index (χ3n) is 3.55. The zero-order chi connectivity index (χ0) is 16.4. The van der Waals surface area contributed by atoms with Crippen molar-refractivity contribution in [3.05, 3.63) is 41.7 Å². The Morgan fingerprint density at radius 1 is 1.00 bits per heavy atom. The normalized spacial score (nSPS) is 15.7. The molecule has 122 valence electrons. The second-order valence-corrected chi connectivity index (χ2v) is 6.29. The molecular formula is C15H13F4N3S. The van der Waals surface area contributed by atoms with E-state index in [-0.39, 0.29) is 11.3 Å². The van der Waals surface area contributed by atoms with E-state index in [2.05, 4.69) is 15.1 Å². The molecule has 1 saturated heterocycles. The van der Waals surface area contributed by atoms with Crippen molar-refractivity contribution in [2.75, 3.05) is 29.5 Å². The van der Waals surface area contributed by atoms with Crippen molar-refractivity contribution < 1.29 is 17.6 Å². The smallest absolute Gasteiger partial charge is 0.353 e. The molecule has 0 N–H and O–H groups in total. The summed E-state index contributed by atoms with van der Waals surface area (Å²) < 4.78 is 51.6. The fourth-order valence-electron chi connectivity index (χ4n) is 2.34. The van der Waals surface area contributed by atoms with Crippen LogP contribution in [0, 0.1) is 5.82 Å². The fourth-order valence-corrected chi connectivity index (χ4v) is 3.25. The van der Waals surface area contributed by atoms with Gasteiger partial charge < -0.3 is 4.90 Å². The van der Waals surface area contributed by atoms with Gasteiger partial charge in [-0.15, -0.1) is 10.2 Å². The molecule has 3 nitrogen and oxygen atoms in total. The molecule has 2 heterocycles. The minimum absolute atomic E-state index is 0.187. The van der Waals surface area contributed by atoms with Crippen molar-refractivity contribution in [1.29, 1.82) is 0 Å². The highest BCUT2D eigenvalue weighted by molar-refractivity contribution is 7.99. The first-order chi connectivity index (χ1) is 10.9. The molecule has 0 atom stereocenters. The molecule has 3 rings (SSSR count). The number of halogens is 4. The number of hydrogen-bond acceptors (Lipinski definition) is 4. The topological polar surface area (TPSA) is 29.0 Å². The van der Waals surface area contributed by atoms with Crippen molar-refractivity contribution in [1.82, 2.24) is 10.2 Å². The SMILES string of the molecule is Fc1ccc(-c2ccc(N3CCSCC3)nn2)cc1C(F)(F)F. The molecule has 0 bridgehead atoms. The third-order valence-corrected chi connectivity index (χ3v) is 4.50. The zero-order valence-electron chi connectivity index (χ0n) is 12.0. The molecule has 1 aliphatic rings. The molecule has 1 aromatic carbocycles. The van der Waals surface area contributed by atoms with Gasteiger partial charge in [-0.1, -0.05) is 0 Å². The second kappa shape index (κ2) is 6.35. The van der Waals surface area contributed by atoms with Crippen molar-refractivity contribution in [2.45, 2.75) is 6.18 Å². The van der Waals surface area contributed by atoms with Crippen molar-refractivity contribution in [3.63, 3.8) is 0 Å². The first-order valence-corrected chi connectivity index (χ1v) is 8.14. The van der Waals surface area contributed by atoms with E-state index in [0.29, 0.717) is 5.82 Å². The molecule has 0 radical (unpaired) electrons. The molecule has 0 unspecified atom stereocenters. The standard InChI is InChI=1S/C15H13F4N3S/c16-12-2-1-10(9-11(12)15(17,18)19)13-3-4-14(21-20-13)22-5-7-23-8-6-22/h1-4,9H,5-8H2. The number of aromatic nitrogens is 2. The Hall–Kier alpha value is -1.83. The van der Waals surface area contributed by atoms with Gasteiger partial charge in [-0.25, -0.2) is 4.39 Å². The van der Waals surface area contributed by atoms with Gasteiger partial charge in [-0.3, -0.25) is 0 Å². The van der Waals surface area contributed by atoms with Crippen LogP contribution in [-0.2, 0) is 6.18 Å². The Morgan fingerprint density at radius 3 is 2.35 bits per heavy atom. The van der Waals surface area contributed by atoms with Crippen molar-refractivity contribution >= 4 is 17.6 Å². The Morgan fingerprint density at radius 2 is 1.74 bits per heavy atom. The fraction of sp³-hybridized carbons (Fsp3) is 0.333. The van der Waals surface area contributed by atoms with Crippen LogP contribution in [0.1, 0.15) is 5.56 Å². The number of anilines is 1. The lowest BCUT2D eigenvalue weighted by molar-refractivity contribution is -0.139. The summed E-state index contributed by atoms with van der Waals surface area (Å²) >= 11 is 1.87. The number of nitrogens with zero attached hydrogens (tertiary/aromatic N) is 3. The summed E-state index contributed by atoms with van der Waals surface area (Å²) in [5, 5.41) is 8.07. The minimum Gasteiger partial charge on any atom is -0.353 e. The van der Waals surface area contributed by atoms with Gasteiger partial charge in [-0.2, -0.15) is 24.9 Å². The maximum Gasteiger partial charge on any atom is 0.419 e. The second-order valence-electron chi connectivity index (χ2n) is 5.07. The molecular weight excluding hydrogens is 330 g/mol. The quantitative estimate of drug-likeness (QED) is 0.775. The summed E-state index contributed by atoms with van der Waals surface area (Å²) in [4.78, 5) is 2.08. The lowest BCUT2D eigenvalue weighted by Gasteiger charge is -2.26. The van der Waals surface area contributed by atoms with Crippen LogP contribution in [0.15, 0.2) is 30.3 Å². The van der Waals surface area contributed by atoms with E-state index in [1.165, 1.54) is 6.07 Å². The number of alkyl halides is 3. The maximum atomic E-state index is 13.3. The first-order valence-electron chi connectivity index (χ1n) is 6.99. The lowest BCUT2D eigenvalue weighted by Crippen LogP contribution is -2.33. The summed E-state index contributed by atoms with van der Waals surface area (Å²) in [5.41, 5.74) is -0.827. The molecule has 8 heteroatoms. The van der Waals surface area contributed by atoms with E-state index in [1.807, 2.05) is 11.8 Å². The molecule has 0 spiro atoms. The number of rotatable bonds is 2. The van der Waals surface area contributed by atoms with E-state index >= 15 is 0 Å². The van der Waals surface area contributed by atoms with Gasteiger partial charge in [0.25, 0.3) is 0 Å². The highest BCUT2D eigenvalue weighted by atomic mass is 32.2. The molecule has 2 aromatic rings. The van der Waals surface area contributed by atoms with Gasteiger partial charge in [0.05, 0.1) is 11.3 Å². The van der Waals surface area contributed by atoms with Crippen LogP contribution in [0.4, 0.5) is 23.4 Å². The van der Waals surface area contributed by atoms with Crippen LogP contribution in [0.25, 0.3) is 11.3 Å². The van der Waals surface area contributed by atoms with E-state index in [1.54, 1.807) is 12.1 Å². The summed E-state index contributed by atoms with van der Waals surface area (Å²) in [7, 11) is 0. The van der Waals surface area contributed by atoms with Gasteiger partial charge in [0.1, 0.15) is 5.82 Å². The van der Waals surface area contributed by atoms with E-state index in [0.717, 1.165) is 36.7 Å². The van der Waals surface area contributed by atoms with Crippen LogP contribution in [0.3, 0.4) is 0 Å². The first kappa shape index (κ1) is 16.0. The van der Waals surface area contributed by atoms with Crippen LogP contribution in [-0.4, -0.2) is 34.8 Å². The number of thioether (sulfide) groups is 1. The van der Waals surface area contributed by atoms with Crippen LogP contribution < -0.4 is 4.90 Å². The van der Waals surface area contributed by atoms with Crippen molar-refractivity contribution in [2.24, 2.45) is 0 Å². The molecule has 0 aliphatic carbocycles. The summed E-state index contributed by atoms with van der Waals surface area (Å²) in [6.45, 7) is 1.74. The highest BCUT2D eigenvalue weighted by Crippen LogP contribution is 2.34. The highest BCUT2D eigenvalue weighted by Gasteiger charge is 2.34. The average molecular weight is 343 g/mol. The van der Waals surface area contributed by atoms with Gasteiger partial charge >= 0.3 is 6.18 Å². The lowest BCUT2D eigenvalue weighted by atomic mass is 10.1. The van der Waals surface area contributed by atoms with Gasteiger partial charge in [-0.05, 0) is 30.3 Å². The van der Waals surface area contributed by atoms with Crippen LogP contribution in [0.2, 0.25) is 0 Å². The van der Waals surface area contributed by atoms with Gasteiger partial charge in [0.2, 0.25) is 0 Å². The Labute approximate surface area is 134 Å². The van der Waals surface area contributed by atoms with E-state index in [9.17, 15) is 17.6 Å². The number of benzene rings is 1. The monoisotopic (exact) mass is 343 g/mol. The van der Waals surface area contributed by atoms with E-state index < -0.39 is 17.6 Å². The van der Waals surface area contributed by atoms with Gasteiger partial charge in [0, 0.05) is 30.2 Å². The van der Waals surface area contributed by atoms with E-state index in [4.69, 9.17) is 0 Å². The predicted molar refractivity (Wildman–Crippen MR) is 82.0 cm³/mol. The predicted octanol–water partition coefficient (Wildman–Crippen LogP) is 3.85. The Balaban J connectivity index is 1.87. The maximum absolute atomic E-state index is 13.3. The van der Waals surface area contributed by atoms with Crippen LogP contribution >= 0.6 is 11.8 Å². The zero-order valence-corrected chi connectivity index (χ0v) is 12.8. The van der Waals surface area contributed by atoms with Gasteiger partial charge in [0.15, 0.2) is 5.82 Å².